The van der Waals surface area contributed by atoms with Crippen molar-refractivity contribution in [1.29, 1.82) is 0 Å². The predicted molar refractivity (Wildman–Crippen MR) is 309 cm³/mol. The minimum absolute atomic E-state index is 0.0960. The molecule has 0 aliphatic carbocycles. The Morgan fingerprint density at radius 1 is 0.222 bits per heavy atom. The van der Waals surface area contributed by atoms with Gasteiger partial charge in [-0.1, -0.05) is 211 Å². The number of rotatable bonds is 6. The van der Waals surface area contributed by atoms with Crippen molar-refractivity contribution in [3.63, 3.8) is 0 Å². The summed E-state index contributed by atoms with van der Waals surface area (Å²) >= 11 is 0. The third-order valence-electron chi connectivity index (χ3n) is 15.2. The Balaban J connectivity index is 1.19. The summed E-state index contributed by atoms with van der Waals surface area (Å²) < 4.78 is 5.19. The second kappa shape index (κ2) is 16.6. The summed E-state index contributed by atoms with van der Waals surface area (Å²) in [5.74, 6) is 0. The van der Waals surface area contributed by atoms with Gasteiger partial charge in [-0.3, -0.25) is 0 Å². The molecule has 2 nitrogen and oxygen atoms in total. The Morgan fingerprint density at radius 3 is 0.736 bits per heavy atom. The van der Waals surface area contributed by atoms with E-state index in [4.69, 9.17) is 0 Å². The first-order valence-electron chi connectivity index (χ1n) is 25.4. The second-order valence-electron chi connectivity index (χ2n) is 21.8. The van der Waals surface area contributed by atoms with Gasteiger partial charge in [-0.2, -0.15) is 0 Å². The number of fused-ring (bicyclic) bond motifs is 8. The van der Waals surface area contributed by atoms with Gasteiger partial charge in [-0.15, -0.1) is 0 Å². The normalized spacial score (nSPS) is 12.3. The van der Waals surface area contributed by atoms with Crippen molar-refractivity contribution in [3.05, 3.63) is 242 Å². The molecule has 0 radical (unpaired) electrons. The molecule has 72 heavy (non-hydrogen) atoms. The first-order chi connectivity index (χ1) is 35.0. The summed E-state index contributed by atoms with van der Waals surface area (Å²) in [6, 6.07) is 86.2. The average molecular weight is 925 g/mol. The summed E-state index contributed by atoms with van der Waals surface area (Å²) in [6.07, 6.45) is 0. The third kappa shape index (κ3) is 7.16. The standard InChI is InChI=1S/C70H56N2/c1-69(2,3)53-31-33-55-61(43-53)67(71-63-35-27-49(45-19-11-7-12-20-45)39-57(63)58-40-50(28-36-64(58)71)46-21-13-8-14-22-46)56-34-32-54(70(4,5)6)44-62(56)68(55)72-65-37-29-51(47-23-15-9-16-24-47)41-59(65)60-42-52(30-38-66(60)72)48-25-17-10-18-26-48/h7-44H,1-6H3. The van der Waals surface area contributed by atoms with Gasteiger partial charge in [0.1, 0.15) is 0 Å². The van der Waals surface area contributed by atoms with Crippen LogP contribution in [0.2, 0.25) is 0 Å². The zero-order chi connectivity index (χ0) is 48.9. The molecule has 11 aromatic carbocycles. The Hall–Kier alpha value is -8.46. The smallest absolute Gasteiger partial charge is 0.0620 e. The molecular weight excluding hydrogens is 869 g/mol. The molecule has 13 aromatic rings. The quantitative estimate of drug-likeness (QED) is 0.147. The van der Waals surface area contributed by atoms with Crippen LogP contribution in [0, 0.1) is 0 Å². The summed E-state index contributed by atoms with van der Waals surface area (Å²) in [6.45, 7) is 14.0. The van der Waals surface area contributed by atoms with Crippen LogP contribution in [0.25, 0.3) is 121 Å². The van der Waals surface area contributed by atoms with E-state index in [0.29, 0.717) is 0 Å². The SMILES string of the molecule is CC(C)(C)c1ccc2c(-n3c4ccc(-c5ccccc5)cc4c4cc(-c5ccccc5)ccc43)c3cc(C(C)(C)C)ccc3c(-n3c4ccc(-c5ccccc5)cc4c4cc(-c5ccccc5)ccc43)c2c1. The molecule has 2 heteroatoms. The summed E-state index contributed by atoms with van der Waals surface area (Å²) in [4.78, 5) is 0. The monoisotopic (exact) mass is 924 g/mol. The largest absolute Gasteiger partial charge is 0.308 e. The van der Waals surface area contributed by atoms with Gasteiger partial charge in [0.25, 0.3) is 0 Å². The zero-order valence-corrected chi connectivity index (χ0v) is 41.8. The first-order valence-corrected chi connectivity index (χ1v) is 25.4. The molecule has 0 saturated heterocycles. The number of hydrogen-bond acceptors (Lipinski definition) is 0. The van der Waals surface area contributed by atoms with E-state index in [0.717, 1.165) is 0 Å². The molecule has 0 atom stereocenters. The number of nitrogens with zero attached hydrogens (tertiary/aromatic N) is 2. The zero-order valence-electron chi connectivity index (χ0n) is 41.8. The summed E-state index contributed by atoms with van der Waals surface area (Å²) in [7, 11) is 0. The van der Waals surface area contributed by atoms with Crippen molar-refractivity contribution in [2.24, 2.45) is 0 Å². The van der Waals surface area contributed by atoms with Crippen LogP contribution in [-0.2, 0) is 10.8 Å². The van der Waals surface area contributed by atoms with Gasteiger partial charge in [0, 0.05) is 43.1 Å². The summed E-state index contributed by atoms with van der Waals surface area (Å²) in [5.41, 5.74) is 19.2. The van der Waals surface area contributed by atoms with Crippen molar-refractivity contribution >= 4 is 65.2 Å². The van der Waals surface area contributed by atoms with Crippen molar-refractivity contribution in [1.82, 2.24) is 9.13 Å². The maximum atomic E-state index is 2.59. The molecule has 0 unspecified atom stereocenters. The molecule has 0 saturated carbocycles. The van der Waals surface area contributed by atoms with Crippen molar-refractivity contribution in [3.8, 4) is 55.9 Å². The molecule has 2 aromatic heterocycles. The topological polar surface area (TPSA) is 9.86 Å². The van der Waals surface area contributed by atoms with Crippen LogP contribution in [0.1, 0.15) is 52.7 Å². The van der Waals surface area contributed by atoms with Gasteiger partial charge in [-0.05, 0) is 127 Å². The van der Waals surface area contributed by atoms with Crippen LogP contribution < -0.4 is 0 Å². The Morgan fingerprint density at radius 2 is 0.486 bits per heavy atom. The van der Waals surface area contributed by atoms with Crippen molar-refractivity contribution < 1.29 is 0 Å². The molecule has 0 N–H and O–H groups in total. The minimum Gasteiger partial charge on any atom is -0.308 e. The fourth-order valence-electron chi connectivity index (χ4n) is 11.4. The van der Waals surface area contributed by atoms with Gasteiger partial charge in [-0.25, -0.2) is 0 Å². The molecule has 2 heterocycles. The molecule has 13 rings (SSSR count). The van der Waals surface area contributed by atoms with E-state index in [9.17, 15) is 0 Å². The number of aromatic nitrogens is 2. The van der Waals surface area contributed by atoms with E-state index < -0.39 is 0 Å². The molecule has 0 fully saturated rings. The van der Waals surface area contributed by atoms with Crippen LogP contribution >= 0.6 is 0 Å². The molecule has 346 valence electrons. The van der Waals surface area contributed by atoms with Crippen LogP contribution in [-0.4, -0.2) is 9.13 Å². The van der Waals surface area contributed by atoms with Gasteiger partial charge < -0.3 is 9.13 Å². The van der Waals surface area contributed by atoms with E-state index in [1.807, 2.05) is 0 Å². The summed E-state index contributed by atoms with van der Waals surface area (Å²) in [5, 5.41) is 9.82. The predicted octanol–water partition coefficient (Wildman–Crippen LogP) is 19.5. The van der Waals surface area contributed by atoms with Gasteiger partial charge in [0.05, 0.1) is 33.4 Å². The fourth-order valence-corrected chi connectivity index (χ4v) is 11.4. The van der Waals surface area contributed by atoms with Crippen LogP contribution in [0.3, 0.4) is 0 Å². The molecular formula is C70H56N2. The lowest BCUT2D eigenvalue weighted by Crippen LogP contribution is -2.13. The lowest BCUT2D eigenvalue weighted by molar-refractivity contribution is 0.590. The highest BCUT2D eigenvalue weighted by Gasteiger charge is 2.27. The molecule has 0 aliphatic rings. The molecule has 0 bridgehead atoms. The van der Waals surface area contributed by atoms with E-state index >= 15 is 0 Å². The Kier molecular flexibility index (Phi) is 10.0. The van der Waals surface area contributed by atoms with Gasteiger partial charge in [0.15, 0.2) is 0 Å². The van der Waals surface area contributed by atoms with Gasteiger partial charge in [0.2, 0.25) is 0 Å². The van der Waals surface area contributed by atoms with E-state index in [2.05, 4.69) is 281 Å². The van der Waals surface area contributed by atoms with Crippen LogP contribution in [0.4, 0.5) is 0 Å². The van der Waals surface area contributed by atoms with E-state index in [-0.39, 0.29) is 10.8 Å². The minimum atomic E-state index is -0.0960. The van der Waals surface area contributed by atoms with Crippen LogP contribution in [0.5, 0.6) is 0 Å². The van der Waals surface area contributed by atoms with Crippen LogP contribution in [0.15, 0.2) is 231 Å². The lowest BCUT2D eigenvalue weighted by atomic mass is 9.83. The molecule has 0 amide bonds. The highest BCUT2D eigenvalue weighted by atomic mass is 15.0. The molecule has 0 aliphatic heterocycles. The van der Waals surface area contributed by atoms with Crippen molar-refractivity contribution in [2.45, 2.75) is 52.4 Å². The van der Waals surface area contributed by atoms with E-state index in [1.165, 1.54) is 132 Å². The maximum absolute atomic E-state index is 2.59. The lowest BCUT2D eigenvalue weighted by Gasteiger charge is -2.26. The number of hydrogen-bond donors (Lipinski definition) is 0. The average Bonchev–Trinajstić information content (AvgIpc) is 3.91. The van der Waals surface area contributed by atoms with Crippen molar-refractivity contribution in [2.75, 3.05) is 0 Å². The first kappa shape index (κ1) is 43.6. The second-order valence-corrected chi connectivity index (χ2v) is 21.8. The van der Waals surface area contributed by atoms with E-state index in [1.54, 1.807) is 0 Å². The Labute approximate surface area is 422 Å². The fraction of sp³-hybridized carbons (Fsp3) is 0.114. The highest BCUT2D eigenvalue weighted by molar-refractivity contribution is 6.21. The number of benzene rings is 11. The highest BCUT2D eigenvalue weighted by Crippen LogP contribution is 2.48. The van der Waals surface area contributed by atoms with Gasteiger partial charge >= 0.3 is 0 Å². The third-order valence-corrected chi connectivity index (χ3v) is 15.2. The Bertz CT molecular complexity index is 3770. The maximum Gasteiger partial charge on any atom is 0.0620 e. The molecule has 0 spiro atoms.